The van der Waals surface area contributed by atoms with E-state index in [4.69, 9.17) is 10.5 Å². The van der Waals surface area contributed by atoms with Crippen LogP contribution in [0.2, 0.25) is 0 Å². The molecule has 0 spiro atoms. The highest BCUT2D eigenvalue weighted by molar-refractivity contribution is 5.26. The Balaban J connectivity index is 2.68. The van der Waals surface area contributed by atoms with Crippen LogP contribution < -0.4 is 10.5 Å². The number of pyridine rings is 1. The second-order valence-electron chi connectivity index (χ2n) is 3.43. The Kier molecular flexibility index (Phi) is 4.84. The van der Waals surface area contributed by atoms with Gasteiger partial charge in [-0.25, -0.2) is 0 Å². The van der Waals surface area contributed by atoms with Crippen molar-refractivity contribution in [3.05, 3.63) is 36.7 Å². The summed E-state index contributed by atoms with van der Waals surface area (Å²) in [6.07, 6.45) is 7.03. The molecule has 0 amide bonds. The van der Waals surface area contributed by atoms with E-state index in [0.717, 1.165) is 24.2 Å². The first kappa shape index (κ1) is 11.7. The molecule has 0 fully saturated rings. The number of hydrogen-bond acceptors (Lipinski definition) is 3. The molecule has 0 aliphatic heterocycles. The highest BCUT2D eigenvalue weighted by Crippen LogP contribution is 2.18. The Labute approximate surface area is 91.0 Å². The number of aromatic nitrogens is 1. The maximum absolute atomic E-state index is 5.94. The first-order valence-electron chi connectivity index (χ1n) is 5.22. The van der Waals surface area contributed by atoms with Gasteiger partial charge in [-0.05, 0) is 24.5 Å². The molecule has 1 heterocycles. The van der Waals surface area contributed by atoms with Crippen molar-refractivity contribution in [2.24, 2.45) is 5.73 Å². The maximum atomic E-state index is 5.94. The van der Waals surface area contributed by atoms with Crippen molar-refractivity contribution in [2.45, 2.75) is 25.8 Å². The first-order chi connectivity index (χ1) is 7.27. The normalized spacial score (nSPS) is 12.1. The molecule has 15 heavy (non-hydrogen) atoms. The molecular weight excluding hydrogens is 188 g/mol. The summed E-state index contributed by atoms with van der Waals surface area (Å²) in [6, 6.07) is 1.90. The van der Waals surface area contributed by atoms with E-state index in [0.29, 0.717) is 6.61 Å². The molecule has 0 aromatic carbocycles. The summed E-state index contributed by atoms with van der Waals surface area (Å²) >= 11 is 0. The van der Waals surface area contributed by atoms with Crippen LogP contribution in [0.5, 0.6) is 5.75 Å². The third-order valence-electron chi connectivity index (χ3n) is 2.06. The van der Waals surface area contributed by atoms with Gasteiger partial charge in [0.1, 0.15) is 5.75 Å². The van der Waals surface area contributed by atoms with Gasteiger partial charge >= 0.3 is 0 Å². The Morgan fingerprint density at radius 1 is 1.60 bits per heavy atom. The van der Waals surface area contributed by atoms with Crippen LogP contribution in [0.3, 0.4) is 0 Å². The molecule has 0 saturated carbocycles. The third kappa shape index (κ3) is 3.72. The number of ether oxygens (including phenoxy) is 1. The quantitative estimate of drug-likeness (QED) is 0.727. The van der Waals surface area contributed by atoms with Gasteiger partial charge in [-0.3, -0.25) is 4.98 Å². The van der Waals surface area contributed by atoms with Crippen LogP contribution in [0.15, 0.2) is 31.1 Å². The molecule has 1 aromatic heterocycles. The minimum atomic E-state index is -0.0415. The van der Waals surface area contributed by atoms with Crippen molar-refractivity contribution in [1.82, 2.24) is 4.98 Å². The van der Waals surface area contributed by atoms with E-state index in [1.807, 2.05) is 12.1 Å². The average Bonchev–Trinajstić information content (AvgIpc) is 2.27. The van der Waals surface area contributed by atoms with Gasteiger partial charge in [0.25, 0.3) is 0 Å². The van der Waals surface area contributed by atoms with Crippen LogP contribution in [0.4, 0.5) is 0 Å². The Morgan fingerprint density at radius 2 is 2.40 bits per heavy atom. The van der Waals surface area contributed by atoms with Gasteiger partial charge in [0.2, 0.25) is 0 Å². The summed E-state index contributed by atoms with van der Waals surface area (Å²) in [7, 11) is 0. The second-order valence-corrected chi connectivity index (χ2v) is 3.43. The first-order valence-corrected chi connectivity index (χ1v) is 5.22. The Hall–Kier alpha value is -1.35. The van der Waals surface area contributed by atoms with E-state index in [1.165, 1.54) is 0 Å². The third-order valence-corrected chi connectivity index (χ3v) is 2.06. The monoisotopic (exact) mass is 206 g/mol. The molecule has 2 N–H and O–H groups in total. The molecule has 82 valence electrons. The summed E-state index contributed by atoms with van der Waals surface area (Å²) in [6.45, 7) is 6.45. The fourth-order valence-corrected chi connectivity index (χ4v) is 1.25. The molecule has 3 nitrogen and oxygen atoms in total. The standard InChI is InChI=1S/C12H18N2O/c1-3-5-12(13)10-7-11(9-14-8-10)15-6-4-2/h3,7-9,12H,1,4-6,13H2,2H3. The molecular formula is C12H18N2O. The van der Waals surface area contributed by atoms with Crippen LogP contribution in [0.25, 0.3) is 0 Å². The zero-order valence-electron chi connectivity index (χ0n) is 9.15. The second kappa shape index (κ2) is 6.19. The van der Waals surface area contributed by atoms with Gasteiger partial charge in [-0.1, -0.05) is 13.0 Å². The smallest absolute Gasteiger partial charge is 0.137 e. The highest BCUT2D eigenvalue weighted by Gasteiger charge is 2.05. The molecule has 1 unspecified atom stereocenters. The summed E-state index contributed by atoms with van der Waals surface area (Å²) in [5.41, 5.74) is 6.93. The largest absolute Gasteiger partial charge is 0.492 e. The molecule has 1 rings (SSSR count). The lowest BCUT2D eigenvalue weighted by Crippen LogP contribution is -2.09. The van der Waals surface area contributed by atoms with E-state index in [9.17, 15) is 0 Å². The molecule has 0 bridgehead atoms. The molecule has 0 aliphatic carbocycles. The summed E-state index contributed by atoms with van der Waals surface area (Å²) in [5.74, 6) is 0.786. The summed E-state index contributed by atoms with van der Waals surface area (Å²) in [4.78, 5) is 4.10. The molecule has 0 saturated heterocycles. The maximum Gasteiger partial charge on any atom is 0.137 e. The number of nitrogens with two attached hydrogens (primary N) is 1. The number of nitrogens with zero attached hydrogens (tertiary/aromatic N) is 1. The van der Waals surface area contributed by atoms with E-state index in [1.54, 1.807) is 12.4 Å². The van der Waals surface area contributed by atoms with Crippen molar-refractivity contribution < 1.29 is 4.74 Å². The van der Waals surface area contributed by atoms with Crippen molar-refractivity contribution in [3.8, 4) is 5.75 Å². The molecule has 1 aromatic rings. The fourth-order valence-electron chi connectivity index (χ4n) is 1.25. The van der Waals surface area contributed by atoms with E-state index < -0.39 is 0 Å². The molecule has 0 aliphatic rings. The van der Waals surface area contributed by atoms with Gasteiger partial charge in [0, 0.05) is 12.2 Å². The van der Waals surface area contributed by atoms with Crippen molar-refractivity contribution in [2.75, 3.05) is 6.61 Å². The number of rotatable bonds is 6. The van der Waals surface area contributed by atoms with Crippen molar-refractivity contribution in [3.63, 3.8) is 0 Å². The predicted octanol–water partition coefficient (Wildman–Crippen LogP) is 2.45. The zero-order chi connectivity index (χ0) is 11.1. The van der Waals surface area contributed by atoms with Crippen LogP contribution >= 0.6 is 0 Å². The molecule has 0 radical (unpaired) electrons. The van der Waals surface area contributed by atoms with Gasteiger partial charge < -0.3 is 10.5 Å². The predicted molar refractivity (Wildman–Crippen MR) is 61.8 cm³/mol. The zero-order valence-corrected chi connectivity index (χ0v) is 9.15. The molecule has 3 heteroatoms. The van der Waals surface area contributed by atoms with Crippen molar-refractivity contribution >= 4 is 0 Å². The van der Waals surface area contributed by atoms with Crippen molar-refractivity contribution in [1.29, 1.82) is 0 Å². The summed E-state index contributed by atoms with van der Waals surface area (Å²) < 4.78 is 5.48. The van der Waals surface area contributed by atoms with E-state index in [-0.39, 0.29) is 6.04 Å². The topological polar surface area (TPSA) is 48.1 Å². The minimum Gasteiger partial charge on any atom is -0.492 e. The van der Waals surface area contributed by atoms with Crippen LogP contribution in [0, 0.1) is 0 Å². The van der Waals surface area contributed by atoms with Gasteiger partial charge in [0.05, 0.1) is 12.8 Å². The van der Waals surface area contributed by atoms with E-state index in [2.05, 4.69) is 18.5 Å². The minimum absolute atomic E-state index is 0.0415. The Bertz CT molecular complexity index is 312. The lowest BCUT2D eigenvalue weighted by Gasteiger charge is -2.10. The fraction of sp³-hybridized carbons (Fsp3) is 0.417. The van der Waals surface area contributed by atoms with Gasteiger partial charge in [-0.2, -0.15) is 0 Å². The van der Waals surface area contributed by atoms with Crippen LogP contribution in [0.1, 0.15) is 31.4 Å². The van der Waals surface area contributed by atoms with Gasteiger partial charge in [-0.15, -0.1) is 6.58 Å². The number of hydrogen-bond donors (Lipinski definition) is 1. The lowest BCUT2D eigenvalue weighted by atomic mass is 10.1. The van der Waals surface area contributed by atoms with E-state index >= 15 is 0 Å². The highest BCUT2D eigenvalue weighted by atomic mass is 16.5. The Morgan fingerprint density at radius 3 is 3.07 bits per heavy atom. The average molecular weight is 206 g/mol. The molecule has 1 atom stereocenters. The summed E-state index contributed by atoms with van der Waals surface area (Å²) in [5, 5.41) is 0. The van der Waals surface area contributed by atoms with Crippen LogP contribution in [-0.4, -0.2) is 11.6 Å². The SMILES string of the molecule is C=CCC(N)c1cncc(OCCC)c1. The lowest BCUT2D eigenvalue weighted by molar-refractivity contribution is 0.315. The van der Waals surface area contributed by atoms with Crippen LogP contribution in [-0.2, 0) is 0 Å². The van der Waals surface area contributed by atoms with Gasteiger partial charge in [0.15, 0.2) is 0 Å².